The number of benzene rings is 1. The molecule has 1 N–H and O–H groups in total. The number of rotatable bonds is 7. The lowest BCUT2D eigenvalue weighted by molar-refractivity contribution is -0.385. The molecule has 3 rings (SSSR count). The molecule has 2 heterocycles. The summed E-state index contributed by atoms with van der Waals surface area (Å²) < 4.78 is 30.5. The van der Waals surface area contributed by atoms with Crippen molar-refractivity contribution in [3.05, 3.63) is 74.7 Å². The summed E-state index contributed by atoms with van der Waals surface area (Å²) in [7, 11) is 0. The Labute approximate surface area is 151 Å². The van der Waals surface area contributed by atoms with Crippen molar-refractivity contribution in [2.75, 3.05) is 11.9 Å². The molecule has 27 heavy (non-hydrogen) atoms. The summed E-state index contributed by atoms with van der Waals surface area (Å²) in [6.45, 7) is -0.645. The molecular formula is C17H14F2N4O4. The number of aromatic nitrogens is 2. The van der Waals surface area contributed by atoms with E-state index in [4.69, 9.17) is 4.74 Å². The van der Waals surface area contributed by atoms with Gasteiger partial charge in [0.25, 0.3) is 6.43 Å². The lowest BCUT2D eigenvalue weighted by Gasteiger charge is -2.10. The number of hydrogen-bond donors (Lipinski definition) is 1. The Hall–Kier alpha value is -3.56. The van der Waals surface area contributed by atoms with Crippen molar-refractivity contribution in [3.63, 3.8) is 0 Å². The molecule has 1 aromatic carbocycles. The smallest absolute Gasteiger partial charge is 0.376 e. The number of pyridine rings is 1. The quantitative estimate of drug-likeness (QED) is 0.503. The van der Waals surface area contributed by atoms with Crippen molar-refractivity contribution in [2.45, 2.75) is 13.0 Å². The Morgan fingerprint density at radius 1 is 1.26 bits per heavy atom. The van der Waals surface area contributed by atoms with Crippen LogP contribution < -0.4 is 15.6 Å². The molecule has 0 radical (unpaired) electrons. The highest BCUT2D eigenvalue weighted by Gasteiger charge is 2.23. The molecule has 0 amide bonds. The minimum atomic E-state index is -2.59. The third kappa shape index (κ3) is 4.17. The second-order valence-corrected chi connectivity index (χ2v) is 5.50. The molecule has 0 aliphatic carbocycles. The Morgan fingerprint density at radius 3 is 2.81 bits per heavy atom. The third-order valence-corrected chi connectivity index (χ3v) is 3.63. The van der Waals surface area contributed by atoms with E-state index in [1.54, 1.807) is 30.3 Å². The minimum Gasteiger partial charge on any atom is -0.488 e. The zero-order chi connectivity index (χ0) is 19.4. The molecule has 0 atom stereocenters. The molecule has 3 aromatic rings. The molecule has 0 saturated carbocycles. The van der Waals surface area contributed by atoms with Crippen molar-refractivity contribution < 1.29 is 18.4 Å². The first kappa shape index (κ1) is 18.2. The first-order chi connectivity index (χ1) is 13.0. The second kappa shape index (κ2) is 7.77. The summed E-state index contributed by atoms with van der Waals surface area (Å²) >= 11 is 0. The van der Waals surface area contributed by atoms with E-state index in [0.717, 1.165) is 4.40 Å². The average Bonchev–Trinajstić information content (AvgIpc) is 2.65. The molecule has 0 aliphatic rings. The molecular weight excluding hydrogens is 362 g/mol. The zero-order valence-corrected chi connectivity index (χ0v) is 13.8. The van der Waals surface area contributed by atoms with Gasteiger partial charge in [-0.15, -0.1) is 0 Å². The fraction of sp³-hybridized carbons (Fsp3) is 0.176. The standard InChI is InChI=1S/C17H14F2N4O4/c18-13(19)10-27-12-5-3-4-11(8-12)9-20-16-15(23(25)26)17(24)22-7-2-1-6-14(22)21-16/h1-8,13,20H,9-10H2. The molecule has 0 unspecified atom stereocenters. The molecule has 8 nitrogen and oxygen atoms in total. The number of nitrogens with zero attached hydrogens (tertiary/aromatic N) is 3. The molecule has 2 aromatic heterocycles. The van der Waals surface area contributed by atoms with E-state index in [0.29, 0.717) is 5.56 Å². The maximum Gasteiger partial charge on any atom is 0.376 e. The first-order valence-electron chi connectivity index (χ1n) is 7.85. The van der Waals surface area contributed by atoms with Gasteiger partial charge in [0.2, 0.25) is 5.82 Å². The van der Waals surface area contributed by atoms with E-state index in [2.05, 4.69) is 10.3 Å². The molecule has 10 heteroatoms. The van der Waals surface area contributed by atoms with E-state index < -0.39 is 29.2 Å². The second-order valence-electron chi connectivity index (χ2n) is 5.50. The van der Waals surface area contributed by atoms with Gasteiger partial charge in [-0.2, -0.15) is 0 Å². The summed E-state index contributed by atoms with van der Waals surface area (Å²) in [5.74, 6) is 0.0748. The van der Waals surface area contributed by atoms with Crippen molar-refractivity contribution in [1.82, 2.24) is 9.38 Å². The summed E-state index contributed by atoms with van der Waals surface area (Å²) in [5.41, 5.74) is -0.610. The maximum atomic E-state index is 12.4. The lowest BCUT2D eigenvalue weighted by atomic mass is 10.2. The summed E-state index contributed by atoms with van der Waals surface area (Å²) in [6.07, 6.45) is -1.20. The molecule has 0 aliphatic heterocycles. The number of hydrogen-bond acceptors (Lipinski definition) is 6. The van der Waals surface area contributed by atoms with Gasteiger partial charge in [0.05, 0.1) is 4.92 Å². The van der Waals surface area contributed by atoms with Crippen LogP contribution in [0.25, 0.3) is 5.65 Å². The number of nitro groups is 1. The van der Waals surface area contributed by atoms with E-state index in [1.807, 2.05) is 0 Å². The highest BCUT2D eigenvalue weighted by atomic mass is 19.3. The highest BCUT2D eigenvalue weighted by molar-refractivity contribution is 5.60. The predicted molar refractivity (Wildman–Crippen MR) is 93.4 cm³/mol. The van der Waals surface area contributed by atoms with Crippen molar-refractivity contribution >= 4 is 17.2 Å². The van der Waals surface area contributed by atoms with Gasteiger partial charge in [-0.3, -0.25) is 19.3 Å². The van der Waals surface area contributed by atoms with Gasteiger partial charge < -0.3 is 10.1 Å². The van der Waals surface area contributed by atoms with Gasteiger partial charge in [0.1, 0.15) is 18.0 Å². The summed E-state index contributed by atoms with van der Waals surface area (Å²) in [6, 6.07) is 11.1. The predicted octanol–water partition coefficient (Wildman–Crippen LogP) is 2.86. The van der Waals surface area contributed by atoms with E-state index in [-0.39, 0.29) is 23.8 Å². The number of ether oxygens (including phenoxy) is 1. The largest absolute Gasteiger partial charge is 0.488 e. The van der Waals surface area contributed by atoms with Gasteiger partial charge >= 0.3 is 11.2 Å². The zero-order valence-electron chi connectivity index (χ0n) is 13.8. The van der Waals surface area contributed by atoms with Crippen molar-refractivity contribution in [3.8, 4) is 5.75 Å². The fourth-order valence-corrected chi connectivity index (χ4v) is 2.46. The third-order valence-electron chi connectivity index (χ3n) is 3.63. The highest BCUT2D eigenvalue weighted by Crippen LogP contribution is 2.20. The Morgan fingerprint density at radius 2 is 2.07 bits per heavy atom. The van der Waals surface area contributed by atoms with Crippen LogP contribution in [0.5, 0.6) is 5.75 Å². The topological polar surface area (TPSA) is 98.8 Å². The van der Waals surface area contributed by atoms with Crippen LogP contribution in [0.1, 0.15) is 5.56 Å². The minimum absolute atomic E-state index is 0.0855. The number of fused-ring (bicyclic) bond motifs is 1. The van der Waals surface area contributed by atoms with Crippen LogP contribution in [-0.4, -0.2) is 27.3 Å². The van der Waals surface area contributed by atoms with Gasteiger partial charge in [-0.1, -0.05) is 18.2 Å². The van der Waals surface area contributed by atoms with Crippen molar-refractivity contribution in [2.24, 2.45) is 0 Å². The molecule has 0 saturated heterocycles. The maximum absolute atomic E-state index is 12.4. The summed E-state index contributed by atoms with van der Waals surface area (Å²) in [5, 5.41) is 14.1. The lowest BCUT2D eigenvalue weighted by Crippen LogP contribution is -2.21. The van der Waals surface area contributed by atoms with Crippen LogP contribution in [0.2, 0.25) is 0 Å². The van der Waals surface area contributed by atoms with Gasteiger partial charge in [0.15, 0.2) is 0 Å². The monoisotopic (exact) mass is 376 g/mol. The number of halogens is 2. The van der Waals surface area contributed by atoms with Crippen LogP contribution in [0, 0.1) is 10.1 Å². The SMILES string of the molecule is O=c1c([N+](=O)[O-])c(NCc2cccc(OCC(F)F)c2)nc2ccccn12. The fourth-order valence-electron chi connectivity index (χ4n) is 2.46. The normalized spacial score (nSPS) is 10.9. The van der Waals surface area contributed by atoms with Crippen LogP contribution in [0.3, 0.4) is 0 Å². The average molecular weight is 376 g/mol. The first-order valence-corrected chi connectivity index (χ1v) is 7.85. The van der Waals surface area contributed by atoms with E-state index in [9.17, 15) is 23.7 Å². The van der Waals surface area contributed by atoms with Crippen LogP contribution >= 0.6 is 0 Å². The van der Waals surface area contributed by atoms with E-state index in [1.165, 1.54) is 18.3 Å². The molecule has 140 valence electrons. The number of nitrogens with one attached hydrogen (secondary N) is 1. The van der Waals surface area contributed by atoms with Gasteiger partial charge in [0, 0.05) is 12.7 Å². The summed E-state index contributed by atoms with van der Waals surface area (Å²) in [4.78, 5) is 27.0. The van der Waals surface area contributed by atoms with Crippen LogP contribution in [0.4, 0.5) is 20.3 Å². The molecule has 0 spiro atoms. The van der Waals surface area contributed by atoms with Gasteiger partial charge in [-0.25, -0.2) is 13.8 Å². The van der Waals surface area contributed by atoms with Crippen molar-refractivity contribution in [1.29, 1.82) is 0 Å². The van der Waals surface area contributed by atoms with E-state index >= 15 is 0 Å². The molecule has 0 fully saturated rings. The Bertz CT molecular complexity index is 1040. The van der Waals surface area contributed by atoms with Crippen LogP contribution in [0.15, 0.2) is 53.5 Å². The van der Waals surface area contributed by atoms with Gasteiger partial charge in [-0.05, 0) is 29.8 Å². The number of alkyl halides is 2. The Kier molecular flexibility index (Phi) is 5.25. The number of anilines is 1. The van der Waals surface area contributed by atoms with Crippen LogP contribution in [-0.2, 0) is 6.54 Å². The Balaban J connectivity index is 1.87. The molecule has 0 bridgehead atoms.